The fourth-order valence-electron chi connectivity index (χ4n) is 15.0. The van der Waals surface area contributed by atoms with Crippen molar-refractivity contribution in [1.82, 2.24) is 59.6 Å². The third kappa shape index (κ3) is 22.0. The first kappa shape index (κ1) is 89.2. The van der Waals surface area contributed by atoms with Gasteiger partial charge in [0.25, 0.3) is 5.69 Å². The van der Waals surface area contributed by atoms with Gasteiger partial charge in [-0.25, -0.2) is 4.85 Å². The second kappa shape index (κ2) is 42.3. The monoisotopic (exact) mass is 1650 g/mol. The zero-order valence-electron chi connectivity index (χ0n) is 67.2. The molecule has 5 aromatic heterocycles. The summed E-state index contributed by atoms with van der Waals surface area (Å²) >= 11 is 0. The zero-order valence-corrected chi connectivity index (χ0v) is 67.2. The minimum Gasteiger partial charge on any atom is -0.497 e. The molecule has 34 heteroatoms. The molecule has 0 unspecified atom stereocenters. The van der Waals surface area contributed by atoms with Crippen molar-refractivity contribution in [3.63, 3.8) is 0 Å². The number of fused-ring (bicyclic) bond motifs is 5. The molecule has 3 aliphatic heterocycles. The van der Waals surface area contributed by atoms with Gasteiger partial charge >= 0.3 is 11.4 Å². The van der Waals surface area contributed by atoms with Crippen molar-refractivity contribution in [2.24, 2.45) is 7.05 Å². The molecule has 0 bridgehead atoms. The number of nitrogen functional groups attached to an aromatic ring is 3. The van der Waals surface area contributed by atoms with Gasteiger partial charge in [-0.15, -0.1) is 0 Å². The first-order valence-corrected chi connectivity index (χ1v) is 38.5. The summed E-state index contributed by atoms with van der Waals surface area (Å²) in [5, 5.41) is 36.0. The lowest BCUT2D eigenvalue weighted by atomic mass is 9.81. The van der Waals surface area contributed by atoms with Crippen LogP contribution in [0.5, 0.6) is 34.5 Å². The molecule has 632 valence electrons. The Morgan fingerprint density at radius 1 is 0.455 bits per heavy atom. The van der Waals surface area contributed by atoms with E-state index in [9.17, 15) is 30.3 Å². The highest BCUT2D eigenvalue weighted by molar-refractivity contribution is 5.93. The van der Waals surface area contributed by atoms with Crippen molar-refractivity contribution in [3.8, 4) is 34.5 Å². The lowest BCUT2D eigenvalue weighted by Crippen LogP contribution is -2.51. The van der Waals surface area contributed by atoms with Crippen molar-refractivity contribution in [2.75, 3.05) is 153 Å². The largest absolute Gasteiger partial charge is 0.497 e. The zero-order chi connectivity index (χ0) is 84.1. The number of nitro groups is 3. The highest BCUT2D eigenvalue weighted by atomic mass is 16.6. The van der Waals surface area contributed by atoms with E-state index in [-0.39, 0.29) is 32.0 Å². The fraction of sp³-hybridized carbons (Fsp3) is 0.322. The molecule has 13 aromatic rings. The van der Waals surface area contributed by atoms with Crippen LogP contribution in [-0.4, -0.2) is 196 Å². The third-order valence-electron chi connectivity index (χ3n) is 21.1. The Bertz CT molecular complexity index is 5700. The molecule has 0 amide bonds. The van der Waals surface area contributed by atoms with E-state index in [0.717, 1.165) is 176 Å². The van der Waals surface area contributed by atoms with Crippen molar-refractivity contribution < 1.29 is 43.2 Å². The third-order valence-corrected chi connectivity index (χ3v) is 21.1. The second-order valence-electron chi connectivity index (χ2n) is 28.2. The quantitative estimate of drug-likeness (QED) is 0.0302. The van der Waals surface area contributed by atoms with Crippen molar-refractivity contribution >= 4 is 112 Å². The summed E-state index contributed by atoms with van der Waals surface area (Å²) in [7, 11) is 11.5. The minimum absolute atomic E-state index is 0. The van der Waals surface area contributed by atoms with Crippen LogP contribution in [0, 0.1) is 36.9 Å². The van der Waals surface area contributed by atoms with E-state index >= 15 is 0 Å². The number of benzene rings is 8. The van der Waals surface area contributed by atoms with Crippen LogP contribution in [0.1, 0.15) is 57.6 Å². The Morgan fingerprint density at radius 2 is 0.868 bits per heavy atom. The maximum atomic E-state index is 10.5. The predicted molar refractivity (Wildman–Crippen MR) is 474 cm³/mol. The van der Waals surface area contributed by atoms with Gasteiger partial charge in [0.2, 0.25) is 0 Å². The number of anilines is 6. The van der Waals surface area contributed by atoms with E-state index in [1.165, 1.54) is 74.1 Å². The van der Waals surface area contributed by atoms with Gasteiger partial charge in [-0.2, -0.15) is 0 Å². The molecule has 7 N–H and O–H groups in total. The van der Waals surface area contributed by atoms with Crippen LogP contribution in [-0.2, 0) is 13.6 Å². The van der Waals surface area contributed by atoms with Gasteiger partial charge in [0.1, 0.15) is 62.3 Å². The summed E-state index contributed by atoms with van der Waals surface area (Å²) in [5.41, 5.74) is 30.4. The number of aromatic nitrogens is 9. The molecule has 17 rings (SSSR count). The summed E-state index contributed by atoms with van der Waals surface area (Å²) in [6.45, 7) is 20.5. The molecule has 121 heavy (non-hydrogen) atoms. The second-order valence-corrected chi connectivity index (χ2v) is 28.2. The van der Waals surface area contributed by atoms with E-state index in [0.29, 0.717) is 34.7 Å². The molecule has 0 atom stereocenters. The number of nitrogens with zero attached hydrogens (tertiary/aromatic N) is 18. The van der Waals surface area contributed by atoms with Gasteiger partial charge in [-0.05, 0) is 72.4 Å². The fourth-order valence-corrected chi connectivity index (χ4v) is 15.0. The summed E-state index contributed by atoms with van der Waals surface area (Å²) < 4.78 is 33.1. The molecule has 0 spiro atoms. The smallest absolute Gasteiger partial charge is 0.302 e. The molecule has 1 saturated carbocycles. The van der Waals surface area contributed by atoms with Crippen LogP contribution >= 0.6 is 0 Å². The van der Waals surface area contributed by atoms with Gasteiger partial charge in [-0.3, -0.25) is 80.0 Å². The lowest BCUT2D eigenvalue weighted by Gasteiger charge is -2.42. The van der Waals surface area contributed by atoms with E-state index in [1.807, 2.05) is 30.3 Å². The maximum absolute atomic E-state index is 10.5. The SMILES string of the molecule is C.C.COc1cc(N)c2nccnc2c1.COc1cc(N2CCN(Cc3ccccc3)CC2)c2nccnc2c1.COc1cc(N2CCNCC2)c2nccnc2c1.COc1cc([N+](=O)[O-])c(N)c([N+](=O)[O-])c1.COc1ccc(N)c([N+](=O)[O-])c1.[C-]#[N+]c1ccc2c(c1)c(C1CCC(N3CCN(c4cc(OC)cc5nccnc45)CC3)CC1)cn2C. The van der Waals surface area contributed by atoms with E-state index in [2.05, 4.69) is 152 Å². The standard InChI is InChI=1S/C29H32N6O.C20H22N4O.C13H16N4O.C9H9N3O.C7H7N3O5.C7H8N2O3.2CH4/c1-30-21-6-9-27-24(16-21)25(19-33(27)2)20-4-7-22(8-5-20)34-12-14-35(15-13-34)28-18-23(36-3)17-26-29(28)32-11-10-31-26;1-25-17-13-18-20(22-8-7-21-18)19(14-17)24-11-9-23(10-12-24)15-16-5-3-2-4-6-16;1-18-10-8-11-13(16-3-2-15-11)12(9-10)17-6-4-14-5-7-17;1-13-6-4-7(10)9-8(5-6)11-2-3-12-9;1-15-4-2-5(9(11)12)7(8)6(3-4)10(13)14;1-12-5-2-3-6(8)7(4-5)9(10)11;;/h6,9-11,16-20,22H,4-5,7-8,12-15H2,2-3H3;2-8,13-14H,9-12,15H2,1H3;2-3,8-9,14H,4-7H2,1H3;2-5H,10H2,1H3;2-3H,8H2,1H3;2-4H,8H2,1H3;2*1H4. The number of methoxy groups -OCH3 is 6. The van der Waals surface area contributed by atoms with Crippen molar-refractivity contribution in [2.45, 2.75) is 59.0 Å². The number of hydrogen-bond donors (Lipinski definition) is 4. The van der Waals surface area contributed by atoms with E-state index < -0.39 is 31.8 Å². The van der Waals surface area contributed by atoms with Gasteiger partial charge in [0.05, 0.1) is 127 Å². The van der Waals surface area contributed by atoms with Crippen LogP contribution in [0.4, 0.5) is 56.9 Å². The average Bonchev–Trinajstić information content (AvgIpc) is 1.74. The van der Waals surface area contributed by atoms with Gasteiger partial charge in [0, 0.05) is 208 Å². The Kier molecular flexibility index (Phi) is 31.2. The van der Waals surface area contributed by atoms with Crippen LogP contribution < -0.4 is 65.6 Å². The topological polar surface area (TPSA) is 404 Å². The molecule has 1 aliphatic carbocycles. The highest BCUT2D eigenvalue weighted by Gasteiger charge is 2.32. The van der Waals surface area contributed by atoms with Crippen molar-refractivity contribution in [1.29, 1.82) is 0 Å². The number of hydrogen-bond acceptors (Lipinski definition) is 29. The van der Waals surface area contributed by atoms with Gasteiger partial charge in [-0.1, -0.05) is 51.3 Å². The summed E-state index contributed by atoms with van der Waals surface area (Å²) in [6.07, 6.45) is 20.9. The number of rotatable bonds is 16. The van der Waals surface area contributed by atoms with Crippen LogP contribution in [0.3, 0.4) is 0 Å². The van der Waals surface area contributed by atoms with Crippen LogP contribution in [0.25, 0.3) is 59.9 Å². The van der Waals surface area contributed by atoms with Crippen LogP contribution in [0.15, 0.2) is 183 Å². The number of ether oxygens (including phenoxy) is 6. The molecule has 8 heterocycles. The van der Waals surface area contributed by atoms with Gasteiger partial charge in [0.15, 0.2) is 11.4 Å². The molecule has 8 aromatic carbocycles. The normalized spacial score (nSPS) is 15.1. The Balaban J connectivity index is 0.000000159. The van der Waals surface area contributed by atoms with Crippen molar-refractivity contribution in [3.05, 3.63) is 236 Å². The number of aryl methyl sites for hydroxylation is 1. The molecule has 0 radical (unpaired) electrons. The highest BCUT2D eigenvalue weighted by Crippen LogP contribution is 2.42. The van der Waals surface area contributed by atoms with E-state index in [1.54, 1.807) is 96.2 Å². The predicted octanol–water partition coefficient (Wildman–Crippen LogP) is 14.3. The van der Waals surface area contributed by atoms with Crippen LogP contribution in [0.2, 0.25) is 0 Å². The summed E-state index contributed by atoms with van der Waals surface area (Å²) in [4.78, 5) is 80.4. The average molecular weight is 1650 g/mol. The Morgan fingerprint density at radius 3 is 1.32 bits per heavy atom. The minimum atomic E-state index is -0.801. The number of nitro benzene ring substituents is 3. The molecule has 3 saturated heterocycles. The molecular weight excluding hydrogens is 1550 g/mol. The molecule has 34 nitrogen and oxygen atoms in total. The lowest BCUT2D eigenvalue weighted by molar-refractivity contribution is -0.392. The van der Waals surface area contributed by atoms with E-state index in [4.69, 9.17) is 47.5 Å². The number of piperazine rings is 3. The summed E-state index contributed by atoms with van der Waals surface area (Å²) in [6, 6.07) is 39.3. The Labute approximate surface area is 701 Å². The molecule has 4 fully saturated rings. The summed E-state index contributed by atoms with van der Waals surface area (Å²) in [5.74, 6) is 4.21. The maximum Gasteiger partial charge on any atom is 0.302 e. The number of nitrogens with two attached hydrogens (primary N) is 3. The number of nitrogens with one attached hydrogen (secondary N) is 1. The molecule has 4 aliphatic rings. The first-order valence-electron chi connectivity index (χ1n) is 38.5. The Hall–Kier alpha value is -14.2. The molecular formula is C87H102N22O12. The first-order chi connectivity index (χ1) is 57.8. The van der Waals surface area contributed by atoms with Gasteiger partial charge < -0.3 is 70.2 Å².